The third-order valence-electron chi connectivity index (χ3n) is 6.65. The second-order valence-electron chi connectivity index (χ2n) is 9.09. The van der Waals surface area contributed by atoms with Crippen molar-refractivity contribution >= 4 is 34.3 Å². The topological polar surface area (TPSA) is 90.0 Å². The Kier molecular flexibility index (Phi) is 6.52. The van der Waals surface area contributed by atoms with E-state index >= 15 is 4.39 Å². The normalized spacial score (nSPS) is 15.2. The van der Waals surface area contributed by atoms with E-state index in [2.05, 4.69) is 10.4 Å². The average Bonchev–Trinajstić information content (AvgIpc) is 3.35. The van der Waals surface area contributed by atoms with Crippen LogP contribution < -0.4 is 11.1 Å². The van der Waals surface area contributed by atoms with Gasteiger partial charge in [-0.25, -0.2) is 17.6 Å². The highest BCUT2D eigenvalue weighted by Gasteiger charge is 2.40. The van der Waals surface area contributed by atoms with Crippen molar-refractivity contribution in [1.82, 2.24) is 15.1 Å². The summed E-state index contributed by atoms with van der Waals surface area (Å²) >= 11 is 6.28. The number of primary amides is 1. The summed E-state index contributed by atoms with van der Waals surface area (Å²) in [6.07, 6.45) is -8.73. The Morgan fingerprint density at radius 2 is 1.85 bits per heavy atom. The molecule has 4 aromatic rings. The van der Waals surface area contributed by atoms with Crippen molar-refractivity contribution < 1.29 is 40.3 Å². The molecule has 1 aromatic heterocycles. The molecule has 40 heavy (non-hydrogen) atoms. The molecule has 3 N–H and O–H groups in total. The Bertz CT molecular complexity index is 1730. The van der Waals surface area contributed by atoms with E-state index in [1.165, 1.54) is 13.1 Å². The van der Waals surface area contributed by atoms with Gasteiger partial charge in [0.2, 0.25) is 12.3 Å². The van der Waals surface area contributed by atoms with Gasteiger partial charge in [-0.15, -0.1) is 0 Å². The van der Waals surface area contributed by atoms with E-state index in [-0.39, 0.29) is 49.9 Å². The minimum Gasteiger partial charge on any atom is -0.366 e. The van der Waals surface area contributed by atoms with Gasteiger partial charge in [0.25, 0.3) is 5.91 Å². The average molecular weight is 585 g/mol. The van der Waals surface area contributed by atoms with E-state index < -0.39 is 65.2 Å². The van der Waals surface area contributed by atoms with E-state index in [1.54, 1.807) is 0 Å². The molecule has 1 unspecified atom stereocenters. The van der Waals surface area contributed by atoms with E-state index in [9.17, 15) is 35.9 Å². The Balaban J connectivity index is 1.94. The standard InChI is InChI=1S/C26H16ClF7N4O2/c1-38-17(8-18(30)31)12-7-13(19-14(24(35)39)4-9(5-16(19)29)26(32,33)34)20-21(23(12)37-38)25(40)36-22(20)11-6-10(28)2-3-15(11)27/h2-7,18,22H,8H2,1H3,(H2,35,39)(H,36,40). The van der Waals surface area contributed by atoms with Crippen molar-refractivity contribution in [3.63, 3.8) is 0 Å². The minimum absolute atomic E-state index is 0.00560. The van der Waals surface area contributed by atoms with Gasteiger partial charge in [-0.2, -0.15) is 18.3 Å². The van der Waals surface area contributed by atoms with Crippen molar-refractivity contribution in [2.75, 3.05) is 0 Å². The molecule has 2 amide bonds. The second-order valence-corrected chi connectivity index (χ2v) is 9.50. The summed E-state index contributed by atoms with van der Waals surface area (Å²) in [5.74, 6) is -4.51. The summed E-state index contributed by atoms with van der Waals surface area (Å²) in [5.41, 5.74) is 1.50. The lowest BCUT2D eigenvalue weighted by Gasteiger charge is -2.20. The monoisotopic (exact) mass is 584 g/mol. The molecule has 1 atom stereocenters. The molecule has 208 valence electrons. The van der Waals surface area contributed by atoms with Crippen LogP contribution in [0.15, 0.2) is 36.4 Å². The molecule has 6 nitrogen and oxygen atoms in total. The first kappa shape index (κ1) is 27.4. The number of hydrogen-bond donors (Lipinski definition) is 2. The first-order chi connectivity index (χ1) is 18.7. The molecule has 2 heterocycles. The third kappa shape index (κ3) is 4.43. The first-order valence-electron chi connectivity index (χ1n) is 11.5. The fraction of sp³-hybridized carbons (Fsp3) is 0.192. The highest BCUT2D eigenvalue weighted by molar-refractivity contribution is 6.31. The predicted molar refractivity (Wildman–Crippen MR) is 130 cm³/mol. The number of halogens is 8. The summed E-state index contributed by atoms with van der Waals surface area (Å²) in [6, 6.07) is 3.61. The van der Waals surface area contributed by atoms with Crippen molar-refractivity contribution in [2.24, 2.45) is 12.8 Å². The van der Waals surface area contributed by atoms with Gasteiger partial charge in [0.15, 0.2) is 0 Å². The van der Waals surface area contributed by atoms with Gasteiger partial charge in [0, 0.05) is 34.1 Å². The smallest absolute Gasteiger partial charge is 0.366 e. The van der Waals surface area contributed by atoms with Crippen LogP contribution in [0.25, 0.3) is 22.0 Å². The summed E-state index contributed by atoms with van der Waals surface area (Å²) in [6.45, 7) is 0. The molecule has 0 bridgehead atoms. The van der Waals surface area contributed by atoms with Crippen LogP contribution in [0.5, 0.6) is 0 Å². The van der Waals surface area contributed by atoms with Crippen LogP contribution in [0.4, 0.5) is 30.7 Å². The third-order valence-corrected chi connectivity index (χ3v) is 7.00. The van der Waals surface area contributed by atoms with Gasteiger partial charge in [-0.1, -0.05) is 11.6 Å². The summed E-state index contributed by atoms with van der Waals surface area (Å²) in [7, 11) is 1.34. The second kappa shape index (κ2) is 9.51. The van der Waals surface area contributed by atoms with Crippen molar-refractivity contribution in [1.29, 1.82) is 0 Å². The number of hydrogen-bond acceptors (Lipinski definition) is 3. The number of alkyl halides is 5. The maximum absolute atomic E-state index is 15.6. The zero-order valence-corrected chi connectivity index (χ0v) is 20.9. The van der Waals surface area contributed by atoms with Crippen LogP contribution in [0.3, 0.4) is 0 Å². The van der Waals surface area contributed by atoms with Crippen LogP contribution in [-0.4, -0.2) is 28.0 Å². The molecule has 0 saturated carbocycles. The number of benzene rings is 3. The van der Waals surface area contributed by atoms with Crippen LogP contribution in [0.2, 0.25) is 5.02 Å². The predicted octanol–water partition coefficient (Wildman–Crippen LogP) is 5.93. The van der Waals surface area contributed by atoms with Gasteiger partial charge in [-0.3, -0.25) is 14.3 Å². The SMILES string of the molecule is Cn1nc2c3c(c(-c4c(F)cc(C(F)(F)F)cc4C(N)=O)cc2c1CC(F)F)C(c1cc(F)ccc1Cl)NC3=O. The molecule has 14 heteroatoms. The number of nitrogens with one attached hydrogen (secondary N) is 1. The van der Waals surface area contributed by atoms with E-state index in [0.717, 1.165) is 22.9 Å². The molecule has 0 aliphatic carbocycles. The number of carbonyl (C=O) groups is 2. The maximum atomic E-state index is 15.6. The van der Waals surface area contributed by atoms with E-state index in [1.807, 2.05) is 0 Å². The lowest BCUT2D eigenvalue weighted by Crippen LogP contribution is -2.21. The lowest BCUT2D eigenvalue weighted by molar-refractivity contribution is -0.137. The van der Waals surface area contributed by atoms with Crippen LogP contribution in [0.1, 0.15) is 49.1 Å². The number of fused-ring (bicyclic) bond motifs is 3. The van der Waals surface area contributed by atoms with Crippen molar-refractivity contribution in [2.45, 2.75) is 25.1 Å². The Labute approximate surface area is 225 Å². The molecule has 0 spiro atoms. The summed E-state index contributed by atoms with van der Waals surface area (Å²) in [4.78, 5) is 25.6. The highest BCUT2D eigenvalue weighted by Crippen LogP contribution is 2.46. The van der Waals surface area contributed by atoms with Crippen molar-refractivity contribution in [3.05, 3.63) is 86.6 Å². The number of aryl methyl sites for hydroxylation is 1. The Hall–Kier alpha value is -4.13. The summed E-state index contributed by atoms with van der Waals surface area (Å²) < 4.78 is 98.2. The number of nitrogens with two attached hydrogens (primary N) is 1. The summed E-state index contributed by atoms with van der Waals surface area (Å²) in [5, 5.41) is 6.72. The van der Waals surface area contributed by atoms with Gasteiger partial charge in [-0.05, 0) is 42.0 Å². The van der Waals surface area contributed by atoms with Crippen LogP contribution in [0, 0.1) is 11.6 Å². The number of aromatic nitrogens is 2. The number of rotatable bonds is 5. The van der Waals surface area contributed by atoms with E-state index in [0.29, 0.717) is 6.07 Å². The quantitative estimate of drug-likeness (QED) is 0.285. The largest absolute Gasteiger partial charge is 0.416 e. The molecular formula is C26H16ClF7N4O2. The first-order valence-corrected chi connectivity index (χ1v) is 11.8. The zero-order chi connectivity index (χ0) is 29.3. The number of nitrogens with zero attached hydrogens (tertiary/aromatic N) is 2. The number of carbonyl (C=O) groups excluding carboxylic acids is 2. The molecule has 0 saturated heterocycles. The van der Waals surface area contributed by atoms with Gasteiger partial charge >= 0.3 is 6.18 Å². The molecule has 0 fully saturated rings. The zero-order valence-electron chi connectivity index (χ0n) is 20.1. The number of amides is 2. The maximum Gasteiger partial charge on any atom is 0.416 e. The molecular weight excluding hydrogens is 569 g/mol. The minimum atomic E-state index is -5.04. The Morgan fingerprint density at radius 3 is 2.48 bits per heavy atom. The molecule has 0 radical (unpaired) electrons. The molecule has 1 aliphatic rings. The lowest BCUT2D eigenvalue weighted by atomic mass is 9.85. The fourth-order valence-corrected chi connectivity index (χ4v) is 5.23. The van der Waals surface area contributed by atoms with Gasteiger partial charge in [0.05, 0.1) is 34.8 Å². The van der Waals surface area contributed by atoms with Crippen molar-refractivity contribution in [3.8, 4) is 11.1 Å². The molecule has 1 aliphatic heterocycles. The molecule has 5 rings (SSSR count). The highest BCUT2D eigenvalue weighted by atomic mass is 35.5. The van der Waals surface area contributed by atoms with Crippen LogP contribution in [-0.2, 0) is 19.6 Å². The Morgan fingerprint density at radius 1 is 1.15 bits per heavy atom. The van der Waals surface area contributed by atoms with E-state index in [4.69, 9.17) is 17.3 Å². The fourth-order valence-electron chi connectivity index (χ4n) is 5.00. The van der Waals surface area contributed by atoms with Gasteiger partial charge in [0.1, 0.15) is 17.2 Å². The van der Waals surface area contributed by atoms with Crippen LogP contribution >= 0.6 is 11.6 Å². The molecule has 3 aromatic carbocycles. The van der Waals surface area contributed by atoms with Gasteiger partial charge < -0.3 is 11.1 Å².